The topological polar surface area (TPSA) is 27.1 Å². The molecule has 0 unspecified atom stereocenters. The second-order valence-electron chi connectivity index (χ2n) is 8.73. The first-order valence-electron chi connectivity index (χ1n) is 11.9. The van der Waals surface area contributed by atoms with Crippen molar-refractivity contribution in [2.45, 2.75) is 13.3 Å². The van der Waals surface area contributed by atoms with Crippen LogP contribution in [-0.2, 0) is 6.42 Å². The summed E-state index contributed by atoms with van der Waals surface area (Å²) >= 11 is 1.83. The van der Waals surface area contributed by atoms with Gasteiger partial charge in [0, 0.05) is 16.2 Å². The number of rotatable bonds is 4. The average Bonchev–Trinajstić information content (AvgIpc) is 3.56. The maximum absolute atomic E-state index is 6.25. The Labute approximate surface area is 207 Å². The second kappa shape index (κ2) is 7.97. The first-order chi connectivity index (χ1) is 17.3. The molecule has 0 radical (unpaired) electrons. The van der Waals surface area contributed by atoms with Crippen molar-refractivity contribution in [3.63, 3.8) is 0 Å². The smallest absolute Gasteiger partial charge is 0.153 e. The van der Waals surface area contributed by atoms with E-state index >= 15 is 0 Å². The largest absolute Gasteiger partial charge is 0.453 e. The standard InChI is InChI=1S/C31H22N2OS/c1-2-30-32-24-9-6-10-27-31(24)33(30)25-19-23(15-16-26(25)34-27)20-11-13-22(14-12-20)29-18-17-28(35-29)21-7-4-3-5-8-21/h3-19H,2H2,1H3. The van der Waals surface area contributed by atoms with Crippen LogP contribution in [0.4, 0.5) is 0 Å². The van der Waals surface area contributed by atoms with E-state index in [0.29, 0.717) is 0 Å². The van der Waals surface area contributed by atoms with Gasteiger partial charge in [0.1, 0.15) is 11.3 Å². The predicted octanol–water partition coefficient (Wildman–Crippen LogP) is 8.76. The Balaban J connectivity index is 1.25. The van der Waals surface area contributed by atoms with Gasteiger partial charge in [0.25, 0.3) is 0 Å². The minimum Gasteiger partial charge on any atom is -0.453 e. The minimum absolute atomic E-state index is 0.859. The highest BCUT2D eigenvalue weighted by Crippen LogP contribution is 2.43. The maximum Gasteiger partial charge on any atom is 0.153 e. The molecule has 4 heteroatoms. The van der Waals surface area contributed by atoms with Gasteiger partial charge in [-0.25, -0.2) is 4.98 Å². The summed E-state index contributed by atoms with van der Waals surface area (Å²) in [6, 6.07) is 36.3. The van der Waals surface area contributed by atoms with Crippen molar-refractivity contribution in [3.05, 3.63) is 109 Å². The molecule has 0 N–H and O–H groups in total. The molecule has 0 saturated carbocycles. The van der Waals surface area contributed by atoms with Gasteiger partial charge in [-0.2, -0.15) is 0 Å². The number of imidazole rings is 1. The molecular weight excluding hydrogens is 448 g/mol. The Morgan fingerprint density at radius 3 is 2.17 bits per heavy atom. The van der Waals surface area contributed by atoms with Crippen LogP contribution in [0.5, 0.6) is 11.5 Å². The lowest BCUT2D eigenvalue weighted by Gasteiger charge is -2.21. The fraction of sp³-hybridized carbons (Fsp3) is 0.0645. The quantitative estimate of drug-likeness (QED) is 0.257. The van der Waals surface area contributed by atoms with E-state index in [0.717, 1.165) is 40.5 Å². The number of benzene rings is 4. The van der Waals surface area contributed by atoms with Crippen LogP contribution in [-0.4, -0.2) is 9.55 Å². The highest BCUT2D eigenvalue weighted by atomic mass is 32.1. The molecule has 0 fully saturated rings. The van der Waals surface area contributed by atoms with Crippen molar-refractivity contribution >= 4 is 22.4 Å². The predicted molar refractivity (Wildman–Crippen MR) is 145 cm³/mol. The lowest BCUT2D eigenvalue weighted by Crippen LogP contribution is -2.07. The number of nitrogens with zero attached hydrogens (tertiary/aromatic N) is 2. The Kier molecular flexibility index (Phi) is 4.61. The summed E-state index contributed by atoms with van der Waals surface area (Å²) < 4.78 is 8.52. The summed E-state index contributed by atoms with van der Waals surface area (Å²) in [5, 5.41) is 0. The third-order valence-electron chi connectivity index (χ3n) is 6.61. The Morgan fingerprint density at radius 1 is 0.686 bits per heavy atom. The normalized spacial score (nSPS) is 11.9. The molecule has 6 aromatic rings. The zero-order valence-corrected chi connectivity index (χ0v) is 20.0. The van der Waals surface area contributed by atoms with Gasteiger partial charge in [-0.15, -0.1) is 11.3 Å². The summed E-state index contributed by atoms with van der Waals surface area (Å²) in [5.41, 5.74) is 7.93. The van der Waals surface area contributed by atoms with E-state index < -0.39 is 0 Å². The van der Waals surface area contributed by atoms with Gasteiger partial charge < -0.3 is 4.74 Å². The fourth-order valence-corrected chi connectivity index (χ4v) is 5.89. The zero-order chi connectivity index (χ0) is 23.4. The van der Waals surface area contributed by atoms with Gasteiger partial charge >= 0.3 is 0 Å². The lowest BCUT2D eigenvalue weighted by molar-refractivity contribution is 0.474. The molecule has 0 bridgehead atoms. The van der Waals surface area contributed by atoms with Crippen molar-refractivity contribution in [2.75, 3.05) is 0 Å². The first kappa shape index (κ1) is 20.2. The van der Waals surface area contributed by atoms with Crippen molar-refractivity contribution in [1.82, 2.24) is 9.55 Å². The molecule has 3 heterocycles. The van der Waals surface area contributed by atoms with Gasteiger partial charge in [0.2, 0.25) is 0 Å². The third-order valence-corrected chi connectivity index (χ3v) is 7.80. The van der Waals surface area contributed by atoms with Crippen LogP contribution in [0.2, 0.25) is 0 Å². The SMILES string of the molecule is CCc1nc2cccc3c2n1-c1cc(-c2ccc(-c4ccc(-c5ccccc5)s4)cc2)ccc1O3. The number of hydrogen-bond donors (Lipinski definition) is 0. The Morgan fingerprint density at radius 2 is 1.40 bits per heavy atom. The van der Waals surface area contributed by atoms with Gasteiger partial charge in [0.05, 0.1) is 11.2 Å². The molecular formula is C31H22N2OS. The molecule has 168 valence electrons. The molecule has 0 spiro atoms. The molecule has 0 aliphatic carbocycles. The van der Waals surface area contributed by atoms with Crippen LogP contribution in [0.3, 0.4) is 0 Å². The van der Waals surface area contributed by atoms with Crippen molar-refractivity contribution < 1.29 is 4.74 Å². The molecule has 0 atom stereocenters. The van der Waals surface area contributed by atoms with Crippen LogP contribution >= 0.6 is 11.3 Å². The average molecular weight is 471 g/mol. The van der Waals surface area contributed by atoms with E-state index in [-0.39, 0.29) is 0 Å². The molecule has 1 aliphatic heterocycles. The van der Waals surface area contributed by atoms with Gasteiger partial charge in [-0.3, -0.25) is 4.57 Å². The molecule has 4 aromatic carbocycles. The van der Waals surface area contributed by atoms with Crippen LogP contribution in [0.1, 0.15) is 12.7 Å². The molecule has 1 aliphatic rings. The van der Waals surface area contributed by atoms with E-state index in [4.69, 9.17) is 9.72 Å². The van der Waals surface area contributed by atoms with E-state index in [1.54, 1.807) is 0 Å². The van der Waals surface area contributed by atoms with E-state index in [2.05, 4.69) is 102 Å². The molecule has 35 heavy (non-hydrogen) atoms. The van der Waals surface area contributed by atoms with E-state index in [1.165, 1.54) is 32.0 Å². The monoisotopic (exact) mass is 470 g/mol. The van der Waals surface area contributed by atoms with Gasteiger partial charge in [-0.05, 0) is 58.7 Å². The van der Waals surface area contributed by atoms with Gasteiger partial charge in [-0.1, -0.05) is 73.7 Å². The molecule has 0 amide bonds. The van der Waals surface area contributed by atoms with Crippen molar-refractivity contribution in [1.29, 1.82) is 0 Å². The summed E-state index contributed by atoms with van der Waals surface area (Å²) in [4.78, 5) is 7.42. The Hall–Kier alpha value is -4.15. The van der Waals surface area contributed by atoms with Gasteiger partial charge in [0.15, 0.2) is 11.5 Å². The molecule has 3 nitrogen and oxygen atoms in total. The fourth-order valence-electron chi connectivity index (χ4n) is 4.88. The molecule has 2 aromatic heterocycles. The molecule has 0 saturated heterocycles. The van der Waals surface area contributed by atoms with Crippen LogP contribution in [0.25, 0.3) is 48.7 Å². The number of hydrogen-bond acceptors (Lipinski definition) is 3. The number of aryl methyl sites for hydroxylation is 1. The number of thiophene rings is 1. The Bertz CT molecular complexity index is 1690. The summed E-state index contributed by atoms with van der Waals surface area (Å²) in [6.45, 7) is 2.15. The number of para-hydroxylation sites is 1. The molecule has 7 rings (SSSR count). The highest BCUT2D eigenvalue weighted by Gasteiger charge is 2.24. The van der Waals surface area contributed by atoms with Crippen molar-refractivity contribution in [3.8, 4) is 49.2 Å². The van der Waals surface area contributed by atoms with Crippen LogP contribution in [0.15, 0.2) is 103 Å². The number of ether oxygens (including phenoxy) is 1. The van der Waals surface area contributed by atoms with Crippen LogP contribution in [0, 0.1) is 0 Å². The number of aromatic nitrogens is 2. The summed E-state index contributed by atoms with van der Waals surface area (Å²) in [7, 11) is 0. The lowest BCUT2D eigenvalue weighted by atomic mass is 10.0. The zero-order valence-electron chi connectivity index (χ0n) is 19.2. The van der Waals surface area contributed by atoms with Crippen LogP contribution < -0.4 is 4.74 Å². The second-order valence-corrected chi connectivity index (χ2v) is 9.82. The summed E-state index contributed by atoms with van der Waals surface area (Å²) in [5.74, 6) is 2.78. The summed E-state index contributed by atoms with van der Waals surface area (Å²) in [6.07, 6.45) is 0.859. The minimum atomic E-state index is 0.859. The van der Waals surface area contributed by atoms with Crippen molar-refractivity contribution in [2.24, 2.45) is 0 Å². The third kappa shape index (κ3) is 3.29. The highest BCUT2D eigenvalue weighted by molar-refractivity contribution is 7.18. The van der Waals surface area contributed by atoms with E-state index in [9.17, 15) is 0 Å². The maximum atomic E-state index is 6.25. The number of fused-ring (bicyclic) bond motifs is 2. The first-order valence-corrected chi connectivity index (χ1v) is 12.7. The van der Waals surface area contributed by atoms with E-state index in [1.807, 2.05) is 23.5 Å².